The lowest BCUT2D eigenvalue weighted by Gasteiger charge is -2.34. The summed E-state index contributed by atoms with van der Waals surface area (Å²) >= 11 is 0. The van der Waals surface area contributed by atoms with Crippen LogP contribution in [0.25, 0.3) is 0 Å². The van der Waals surface area contributed by atoms with Crippen molar-refractivity contribution in [3.05, 3.63) is 35.4 Å². The zero-order valence-corrected chi connectivity index (χ0v) is 12.8. The zero-order valence-electron chi connectivity index (χ0n) is 12.8. The van der Waals surface area contributed by atoms with E-state index in [0.717, 1.165) is 18.4 Å². The maximum absolute atomic E-state index is 11.9. The Labute approximate surface area is 121 Å². The lowest BCUT2D eigenvalue weighted by atomic mass is 9.76. The number of fused-ring (bicyclic) bond motifs is 3. The van der Waals surface area contributed by atoms with E-state index in [1.54, 1.807) is 12.1 Å². The van der Waals surface area contributed by atoms with Gasteiger partial charge in [0.05, 0.1) is 12.0 Å². The fourth-order valence-corrected chi connectivity index (χ4v) is 2.61. The van der Waals surface area contributed by atoms with Gasteiger partial charge in [0, 0.05) is 12.2 Å². The van der Waals surface area contributed by atoms with Gasteiger partial charge in [-0.15, -0.1) is 0 Å². The molecule has 1 heterocycles. The quantitative estimate of drug-likeness (QED) is 0.673. The third-order valence-corrected chi connectivity index (χ3v) is 3.39. The Bertz CT molecular complexity index is 465. The smallest absolute Gasteiger partial charge is 0.229 e. The molecule has 0 saturated carbocycles. The van der Waals surface area contributed by atoms with E-state index in [-0.39, 0.29) is 23.6 Å². The van der Waals surface area contributed by atoms with Gasteiger partial charge >= 0.3 is 0 Å². The molecule has 1 saturated heterocycles. The molecule has 3 nitrogen and oxygen atoms in total. The van der Waals surface area contributed by atoms with Crippen molar-refractivity contribution < 1.29 is 14.3 Å². The van der Waals surface area contributed by atoms with Crippen LogP contribution in [-0.2, 0) is 9.53 Å². The number of ketones is 2. The molecular weight excluding hydrogens is 252 g/mol. The van der Waals surface area contributed by atoms with Crippen LogP contribution in [-0.4, -0.2) is 18.2 Å². The Kier molecular flexibility index (Phi) is 6.59. The number of ether oxygens (including phenoxy) is 1. The first-order valence-corrected chi connectivity index (χ1v) is 7.58. The maximum Gasteiger partial charge on any atom is 0.229 e. The summed E-state index contributed by atoms with van der Waals surface area (Å²) in [5.74, 6) is -0.873. The normalized spacial score (nSPS) is 23.4. The Morgan fingerprint density at radius 2 is 1.70 bits per heavy atom. The van der Waals surface area contributed by atoms with Crippen LogP contribution >= 0.6 is 0 Å². The predicted octanol–water partition coefficient (Wildman–Crippen LogP) is 3.97. The number of benzene rings is 1. The molecule has 2 aliphatic rings. The Balaban J connectivity index is 0.000000461. The molecule has 3 rings (SSSR count). The molecule has 1 fully saturated rings. The number of hydrogen-bond acceptors (Lipinski definition) is 3. The number of rotatable bonds is 0. The predicted molar refractivity (Wildman–Crippen MR) is 79.9 cm³/mol. The van der Waals surface area contributed by atoms with Crippen molar-refractivity contribution in [3.63, 3.8) is 0 Å². The van der Waals surface area contributed by atoms with E-state index in [2.05, 4.69) is 0 Å². The van der Waals surface area contributed by atoms with Crippen molar-refractivity contribution in [3.8, 4) is 0 Å². The highest BCUT2D eigenvalue weighted by Crippen LogP contribution is 2.40. The van der Waals surface area contributed by atoms with Gasteiger partial charge in [-0.25, -0.2) is 0 Å². The number of Topliss-reactive ketones (excluding diaryl/α,β-unsaturated/α-hetero) is 2. The second kappa shape index (κ2) is 7.95. The summed E-state index contributed by atoms with van der Waals surface area (Å²) in [6.45, 7) is 8.68. The highest BCUT2D eigenvalue weighted by Gasteiger charge is 2.42. The Morgan fingerprint density at radius 1 is 1.05 bits per heavy atom. The first-order chi connectivity index (χ1) is 9.79. The molecule has 0 N–H and O–H groups in total. The molecule has 0 bridgehead atoms. The van der Waals surface area contributed by atoms with E-state index in [1.807, 2.05) is 39.8 Å². The van der Waals surface area contributed by atoms with Gasteiger partial charge in [0.15, 0.2) is 0 Å². The van der Waals surface area contributed by atoms with Crippen molar-refractivity contribution in [1.29, 1.82) is 0 Å². The van der Waals surface area contributed by atoms with E-state index in [4.69, 9.17) is 4.74 Å². The van der Waals surface area contributed by atoms with Crippen LogP contribution < -0.4 is 0 Å². The van der Waals surface area contributed by atoms with Crippen LogP contribution in [0.3, 0.4) is 0 Å². The highest BCUT2D eigenvalue weighted by atomic mass is 16.5. The van der Waals surface area contributed by atoms with Gasteiger partial charge in [-0.1, -0.05) is 52.0 Å². The summed E-state index contributed by atoms with van der Waals surface area (Å²) < 4.78 is 5.65. The molecule has 1 aromatic rings. The van der Waals surface area contributed by atoms with Gasteiger partial charge in [0.1, 0.15) is 0 Å². The summed E-state index contributed by atoms with van der Waals surface area (Å²) in [7, 11) is 0. The molecule has 2 atom stereocenters. The highest BCUT2D eigenvalue weighted by molar-refractivity contribution is 6.45. The second-order valence-electron chi connectivity index (χ2n) is 4.32. The molecule has 0 radical (unpaired) electrons. The van der Waals surface area contributed by atoms with Gasteiger partial charge in [-0.05, 0) is 18.4 Å². The number of carbonyl (C=O) groups excluding carboxylic acids is 2. The second-order valence-corrected chi connectivity index (χ2v) is 4.32. The Hall–Kier alpha value is -1.48. The van der Waals surface area contributed by atoms with Crippen molar-refractivity contribution in [2.24, 2.45) is 5.92 Å². The molecule has 3 heteroatoms. The van der Waals surface area contributed by atoms with Crippen LogP contribution in [0.2, 0.25) is 0 Å². The topological polar surface area (TPSA) is 43.4 Å². The van der Waals surface area contributed by atoms with Gasteiger partial charge in [0.25, 0.3) is 0 Å². The number of carbonyl (C=O) groups is 2. The van der Waals surface area contributed by atoms with Crippen molar-refractivity contribution in [1.82, 2.24) is 0 Å². The average Bonchev–Trinajstić information content (AvgIpc) is 2.56. The summed E-state index contributed by atoms with van der Waals surface area (Å²) in [5.41, 5.74) is 1.41. The number of hydrogen-bond donors (Lipinski definition) is 0. The SMILES string of the molecule is CC.CC.O=C1C(=O)C2CCCOC2c2ccccc21. The largest absolute Gasteiger partial charge is 0.373 e. The summed E-state index contributed by atoms with van der Waals surface area (Å²) in [4.78, 5) is 23.8. The molecule has 1 aromatic carbocycles. The van der Waals surface area contributed by atoms with Crippen LogP contribution in [0, 0.1) is 5.92 Å². The molecule has 20 heavy (non-hydrogen) atoms. The van der Waals surface area contributed by atoms with Gasteiger partial charge in [0.2, 0.25) is 11.6 Å². The Morgan fingerprint density at radius 3 is 2.40 bits per heavy atom. The van der Waals surface area contributed by atoms with E-state index in [0.29, 0.717) is 12.2 Å². The van der Waals surface area contributed by atoms with E-state index >= 15 is 0 Å². The fourth-order valence-electron chi connectivity index (χ4n) is 2.61. The van der Waals surface area contributed by atoms with Gasteiger partial charge < -0.3 is 4.74 Å². The monoisotopic (exact) mass is 276 g/mol. The fraction of sp³-hybridized carbons (Fsp3) is 0.529. The minimum absolute atomic E-state index is 0.199. The minimum Gasteiger partial charge on any atom is -0.373 e. The van der Waals surface area contributed by atoms with Crippen LogP contribution in [0.1, 0.15) is 62.6 Å². The van der Waals surface area contributed by atoms with E-state index < -0.39 is 0 Å². The molecule has 0 aromatic heterocycles. The van der Waals surface area contributed by atoms with E-state index in [9.17, 15) is 9.59 Å². The lowest BCUT2D eigenvalue weighted by molar-refractivity contribution is -0.129. The molecule has 0 spiro atoms. The van der Waals surface area contributed by atoms with Gasteiger partial charge in [-0.3, -0.25) is 9.59 Å². The van der Waals surface area contributed by atoms with Crippen molar-refractivity contribution >= 4 is 11.6 Å². The third-order valence-electron chi connectivity index (χ3n) is 3.39. The molecular formula is C17H24O3. The maximum atomic E-state index is 11.9. The lowest BCUT2D eigenvalue weighted by Crippen LogP contribution is -2.38. The molecule has 0 amide bonds. The first kappa shape index (κ1) is 16.6. The van der Waals surface area contributed by atoms with Gasteiger partial charge in [-0.2, -0.15) is 0 Å². The standard InChI is InChI=1S/C13H12O3.2C2H6/c14-11-8-4-1-2-5-9(8)13-10(12(11)15)6-3-7-16-13;2*1-2/h1-2,4-5,10,13H,3,6-7H2;2*1-2H3. The van der Waals surface area contributed by atoms with Crippen LogP contribution in [0.15, 0.2) is 24.3 Å². The zero-order chi connectivity index (χ0) is 15.1. The first-order valence-electron chi connectivity index (χ1n) is 7.58. The third kappa shape index (κ3) is 2.98. The van der Waals surface area contributed by atoms with Crippen molar-refractivity contribution in [2.45, 2.75) is 46.6 Å². The minimum atomic E-state index is -0.345. The van der Waals surface area contributed by atoms with Crippen molar-refractivity contribution in [2.75, 3.05) is 6.61 Å². The molecule has 1 aliphatic heterocycles. The van der Waals surface area contributed by atoms with Crippen LogP contribution in [0.5, 0.6) is 0 Å². The van der Waals surface area contributed by atoms with E-state index in [1.165, 1.54) is 0 Å². The summed E-state index contributed by atoms with van der Waals surface area (Å²) in [6.07, 6.45) is 1.43. The molecule has 1 aliphatic carbocycles. The summed E-state index contributed by atoms with van der Waals surface area (Å²) in [5, 5.41) is 0. The molecule has 110 valence electrons. The molecule has 2 unspecified atom stereocenters. The van der Waals surface area contributed by atoms with Crippen LogP contribution in [0.4, 0.5) is 0 Å². The average molecular weight is 276 g/mol. The summed E-state index contributed by atoms with van der Waals surface area (Å²) in [6, 6.07) is 7.27.